The zero-order valence-corrected chi connectivity index (χ0v) is 12.7. The molecule has 2 aromatic carbocycles. The molecule has 1 aromatic heterocycles. The highest BCUT2D eigenvalue weighted by molar-refractivity contribution is 6.20. The SMILES string of the molecule is Cc1cc(=O)oc2c3c(ccc12)OC(=Cc1ccccc1O)C3=O. The van der Waals surface area contributed by atoms with Crippen LogP contribution in [0, 0.1) is 6.92 Å². The normalized spacial score (nSPS) is 14.9. The number of carbonyl (C=O) groups excluding carboxylic acids is 1. The second-order valence-corrected chi connectivity index (χ2v) is 5.56. The van der Waals surface area contributed by atoms with Crippen molar-refractivity contribution in [3.63, 3.8) is 0 Å². The molecule has 0 saturated heterocycles. The van der Waals surface area contributed by atoms with E-state index in [9.17, 15) is 14.7 Å². The smallest absolute Gasteiger partial charge is 0.336 e. The summed E-state index contributed by atoms with van der Waals surface area (Å²) in [5.41, 5.74) is 1.14. The predicted molar refractivity (Wildman–Crippen MR) is 88.3 cm³/mol. The monoisotopic (exact) mass is 320 g/mol. The fourth-order valence-corrected chi connectivity index (χ4v) is 2.80. The minimum Gasteiger partial charge on any atom is -0.507 e. The molecule has 0 aliphatic carbocycles. The summed E-state index contributed by atoms with van der Waals surface area (Å²) in [6.07, 6.45) is 1.47. The first-order valence-corrected chi connectivity index (χ1v) is 7.34. The summed E-state index contributed by atoms with van der Waals surface area (Å²) >= 11 is 0. The molecule has 1 aliphatic heterocycles. The molecule has 0 atom stereocenters. The van der Waals surface area contributed by atoms with E-state index in [-0.39, 0.29) is 28.4 Å². The average molecular weight is 320 g/mol. The molecule has 0 amide bonds. The Morgan fingerprint density at radius 2 is 1.88 bits per heavy atom. The number of hydrogen-bond donors (Lipinski definition) is 1. The van der Waals surface area contributed by atoms with Crippen LogP contribution in [-0.4, -0.2) is 10.9 Å². The van der Waals surface area contributed by atoms with Gasteiger partial charge in [-0.1, -0.05) is 18.2 Å². The highest BCUT2D eigenvalue weighted by atomic mass is 16.5. The lowest BCUT2D eigenvalue weighted by molar-refractivity contribution is 0.101. The van der Waals surface area contributed by atoms with Gasteiger partial charge < -0.3 is 14.3 Å². The number of phenolic OH excluding ortho intramolecular Hbond substituents is 1. The van der Waals surface area contributed by atoms with Crippen molar-refractivity contribution >= 4 is 22.8 Å². The molecular formula is C19H12O5. The Hall–Kier alpha value is -3.34. The van der Waals surface area contributed by atoms with Crippen LogP contribution in [0.15, 0.2) is 57.4 Å². The highest BCUT2D eigenvalue weighted by Crippen LogP contribution is 2.38. The third kappa shape index (κ3) is 2.10. The number of allylic oxidation sites excluding steroid dienone is 1. The zero-order valence-electron chi connectivity index (χ0n) is 12.7. The maximum Gasteiger partial charge on any atom is 0.336 e. The fraction of sp³-hybridized carbons (Fsp3) is 0.0526. The average Bonchev–Trinajstić information content (AvgIpc) is 2.86. The van der Waals surface area contributed by atoms with Crippen molar-refractivity contribution in [2.45, 2.75) is 6.92 Å². The summed E-state index contributed by atoms with van der Waals surface area (Å²) in [6, 6.07) is 11.4. The van der Waals surface area contributed by atoms with Crippen LogP contribution in [0.2, 0.25) is 0 Å². The van der Waals surface area contributed by atoms with Crippen LogP contribution in [0.4, 0.5) is 0 Å². The quantitative estimate of drug-likeness (QED) is 0.549. The molecule has 1 aliphatic rings. The van der Waals surface area contributed by atoms with Crippen molar-refractivity contribution in [1.29, 1.82) is 0 Å². The third-order valence-corrected chi connectivity index (χ3v) is 3.98. The van der Waals surface area contributed by atoms with Crippen molar-refractivity contribution in [3.05, 3.63) is 75.3 Å². The molecule has 2 heterocycles. The number of Topliss-reactive ketones (excluding diaryl/α,β-unsaturated/α-hetero) is 1. The van der Waals surface area contributed by atoms with Gasteiger partial charge in [-0.15, -0.1) is 0 Å². The summed E-state index contributed by atoms with van der Waals surface area (Å²) in [5, 5.41) is 10.5. The molecule has 0 bridgehead atoms. The molecule has 5 nitrogen and oxygen atoms in total. The summed E-state index contributed by atoms with van der Waals surface area (Å²) < 4.78 is 10.8. The Balaban J connectivity index is 1.91. The Kier molecular flexibility index (Phi) is 3.03. The van der Waals surface area contributed by atoms with Crippen molar-refractivity contribution < 1.29 is 19.1 Å². The van der Waals surface area contributed by atoms with Gasteiger partial charge in [0.2, 0.25) is 5.78 Å². The van der Waals surface area contributed by atoms with Crippen LogP contribution in [0.25, 0.3) is 17.0 Å². The molecule has 1 N–H and O–H groups in total. The lowest BCUT2D eigenvalue weighted by Gasteiger charge is -2.03. The van der Waals surface area contributed by atoms with E-state index >= 15 is 0 Å². The van der Waals surface area contributed by atoms with Crippen molar-refractivity contribution in [3.8, 4) is 11.5 Å². The van der Waals surface area contributed by atoms with Crippen molar-refractivity contribution in [1.82, 2.24) is 0 Å². The summed E-state index contributed by atoms with van der Waals surface area (Å²) in [5.74, 6) is 0.0725. The number of aryl methyl sites for hydroxylation is 1. The molecule has 0 saturated carbocycles. The fourth-order valence-electron chi connectivity index (χ4n) is 2.80. The standard InChI is InChI=1S/C19H12O5/c1-10-8-16(21)24-19-12(10)6-7-14-17(19)18(22)15(23-14)9-11-4-2-3-5-13(11)20/h2-9,20H,1H3. The van der Waals surface area contributed by atoms with Gasteiger partial charge in [0.05, 0.1) is 0 Å². The van der Waals surface area contributed by atoms with Crippen LogP contribution < -0.4 is 10.4 Å². The van der Waals surface area contributed by atoms with Crippen molar-refractivity contribution in [2.75, 3.05) is 0 Å². The van der Waals surface area contributed by atoms with Crippen LogP contribution in [0.1, 0.15) is 21.5 Å². The number of ether oxygens (including phenoxy) is 1. The van der Waals surface area contributed by atoms with Gasteiger partial charge >= 0.3 is 5.63 Å². The highest BCUT2D eigenvalue weighted by Gasteiger charge is 2.31. The maximum atomic E-state index is 12.7. The molecule has 0 fully saturated rings. The molecule has 0 unspecified atom stereocenters. The van der Waals surface area contributed by atoms with E-state index in [4.69, 9.17) is 9.15 Å². The van der Waals surface area contributed by atoms with Crippen LogP contribution >= 0.6 is 0 Å². The second-order valence-electron chi connectivity index (χ2n) is 5.56. The maximum absolute atomic E-state index is 12.7. The van der Waals surface area contributed by atoms with Gasteiger partial charge in [-0.05, 0) is 36.8 Å². The Morgan fingerprint density at radius 3 is 2.67 bits per heavy atom. The Labute approximate surface area is 136 Å². The number of ketones is 1. The summed E-state index contributed by atoms with van der Waals surface area (Å²) in [6.45, 7) is 1.78. The minimum atomic E-state index is -0.515. The largest absolute Gasteiger partial charge is 0.507 e. The summed E-state index contributed by atoms with van der Waals surface area (Å²) in [4.78, 5) is 24.4. The molecular weight excluding hydrogens is 308 g/mol. The van der Waals surface area contributed by atoms with Gasteiger partial charge in [-0.3, -0.25) is 4.79 Å². The first kappa shape index (κ1) is 14.3. The number of hydrogen-bond acceptors (Lipinski definition) is 5. The molecule has 5 heteroatoms. The first-order valence-electron chi connectivity index (χ1n) is 7.34. The van der Waals surface area contributed by atoms with Gasteiger partial charge in [0.15, 0.2) is 11.3 Å². The van der Waals surface area contributed by atoms with Gasteiger partial charge in [0.25, 0.3) is 0 Å². The van der Waals surface area contributed by atoms with Crippen LogP contribution in [0.5, 0.6) is 11.5 Å². The second kappa shape index (κ2) is 5.09. The van der Waals surface area contributed by atoms with Crippen LogP contribution in [-0.2, 0) is 0 Å². The topological polar surface area (TPSA) is 76.7 Å². The Morgan fingerprint density at radius 1 is 1.08 bits per heavy atom. The molecule has 118 valence electrons. The lowest BCUT2D eigenvalue weighted by Crippen LogP contribution is -2.02. The van der Waals surface area contributed by atoms with Gasteiger partial charge in [0.1, 0.15) is 17.1 Å². The number of aromatic hydroxyl groups is 1. The number of carbonyl (C=O) groups is 1. The molecule has 0 radical (unpaired) electrons. The number of benzene rings is 2. The van der Waals surface area contributed by atoms with E-state index in [0.29, 0.717) is 16.7 Å². The van der Waals surface area contributed by atoms with E-state index in [2.05, 4.69) is 0 Å². The Bertz CT molecular complexity index is 1090. The van der Waals surface area contributed by atoms with Crippen LogP contribution in [0.3, 0.4) is 0 Å². The van der Waals surface area contributed by atoms with E-state index in [1.807, 2.05) is 0 Å². The minimum absolute atomic E-state index is 0.0459. The van der Waals surface area contributed by atoms with E-state index in [1.165, 1.54) is 18.2 Å². The number of rotatable bonds is 1. The third-order valence-electron chi connectivity index (χ3n) is 3.98. The van der Waals surface area contributed by atoms with Gasteiger partial charge in [0, 0.05) is 17.0 Å². The van der Waals surface area contributed by atoms with Gasteiger partial charge in [-0.2, -0.15) is 0 Å². The lowest BCUT2D eigenvalue weighted by atomic mass is 10.0. The predicted octanol–water partition coefficient (Wildman–Crippen LogP) is 3.42. The van der Waals surface area contributed by atoms with E-state index in [0.717, 1.165) is 5.56 Å². The first-order chi connectivity index (χ1) is 11.5. The summed E-state index contributed by atoms with van der Waals surface area (Å²) in [7, 11) is 0. The van der Waals surface area contributed by atoms with Gasteiger partial charge in [-0.25, -0.2) is 4.79 Å². The number of fused-ring (bicyclic) bond motifs is 3. The molecule has 0 spiro atoms. The molecule has 24 heavy (non-hydrogen) atoms. The molecule has 4 rings (SSSR count). The molecule has 3 aromatic rings. The van der Waals surface area contributed by atoms with Crippen molar-refractivity contribution in [2.24, 2.45) is 0 Å². The van der Waals surface area contributed by atoms with E-state index < -0.39 is 5.63 Å². The zero-order chi connectivity index (χ0) is 16.8. The van der Waals surface area contributed by atoms with E-state index in [1.54, 1.807) is 37.3 Å². The number of phenols is 1. The number of para-hydroxylation sites is 1.